The third-order valence-electron chi connectivity index (χ3n) is 3.56. The Balaban J connectivity index is 2.02. The van der Waals surface area contributed by atoms with Crippen molar-refractivity contribution in [2.24, 2.45) is 0 Å². The van der Waals surface area contributed by atoms with Gasteiger partial charge in [0.15, 0.2) is 0 Å². The molecule has 1 aliphatic heterocycles. The van der Waals surface area contributed by atoms with Gasteiger partial charge in [-0.2, -0.15) is 0 Å². The molecule has 0 N–H and O–H groups in total. The van der Waals surface area contributed by atoms with Gasteiger partial charge in [0.2, 0.25) is 0 Å². The Morgan fingerprint density at radius 1 is 1.06 bits per heavy atom. The molecule has 0 radical (unpaired) electrons. The second-order valence-corrected chi connectivity index (χ2v) is 4.56. The van der Waals surface area contributed by atoms with Crippen LogP contribution in [0.1, 0.15) is 20.3 Å². The van der Waals surface area contributed by atoms with Crippen molar-refractivity contribution in [3.8, 4) is 0 Å². The third kappa shape index (κ3) is 3.12. The van der Waals surface area contributed by atoms with Crippen LogP contribution in [0, 0.1) is 0 Å². The van der Waals surface area contributed by atoms with Gasteiger partial charge in [-0.15, -0.1) is 5.73 Å². The molecule has 2 nitrogen and oxygen atoms in total. The molecule has 1 heterocycles. The van der Waals surface area contributed by atoms with Crippen LogP contribution in [0.5, 0.6) is 0 Å². The van der Waals surface area contributed by atoms with E-state index in [9.17, 15) is 0 Å². The van der Waals surface area contributed by atoms with Crippen LogP contribution >= 0.6 is 0 Å². The lowest BCUT2D eigenvalue weighted by Gasteiger charge is -2.35. The number of likely N-dealkylation sites (N-methyl/N-ethyl adjacent to an activating group) is 1. The standard InChI is InChI=1S/C15H22N2/c1-3-14-6-5-7-15(9-8-14)17-12-10-16(4-2)11-13-17/h6-9H,3-4,10-13H2,1-2H3. The first-order valence-electron chi connectivity index (χ1n) is 6.64. The summed E-state index contributed by atoms with van der Waals surface area (Å²) in [6.07, 6.45) is 9.73. The van der Waals surface area contributed by atoms with Gasteiger partial charge in [0.05, 0.1) is 0 Å². The number of hydrogen-bond acceptors (Lipinski definition) is 2. The van der Waals surface area contributed by atoms with E-state index in [0.29, 0.717) is 0 Å². The second-order valence-electron chi connectivity index (χ2n) is 4.56. The Morgan fingerprint density at radius 2 is 1.82 bits per heavy atom. The van der Waals surface area contributed by atoms with E-state index in [-0.39, 0.29) is 0 Å². The van der Waals surface area contributed by atoms with Gasteiger partial charge >= 0.3 is 0 Å². The molecule has 17 heavy (non-hydrogen) atoms. The Hall–Kier alpha value is -1.24. The molecule has 0 amide bonds. The van der Waals surface area contributed by atoms with Gasteiger partial charge in [-0.25, -0.2) is 0 Å². The Morgan fingerprint density at radius 3 is 2.47 bits per heavy atom. The second kappa shape index (κ2) is 5.90. The normalized spacial score (nSPS) is 21.2. The lowest BCUT2D eigenvalue weighted by molar-refractivity contribution is 0.168. The van der Waals surface area contributed by atoms with Crippen LogP contribution in [0.25, 0.3) is 0 Å². The van der Waals surface area contributed by atoms with Crippen molar-refractivity contribution < 1.29 is 0 Å². The maximum atomic E-state index is 3.28. The number of allylic oxidation sites excluding steroid dienone is 4. The van der Waals surface area contributed by atoms with Crippen molar-refractivity contribution >= 4 is 0 Å². The molecule has 1 fully saturated rings. The quantitative estimate of drug-likeness (QED) is 0.688. The monoisotopic (exact) mass is 230 g/mol. The minimum absolute atomic E-state index is 1.08. The molecule has 0 aromatic heterocycles. The van der Waals surface area contributed by atoms with Gasteiger partial charge in [-0.1, -0.05) is 19.9 Å². The maximum absolute atomic E-state index is 3.28. The summed E-state index contributed by atoms with van der Waals surface area (Å²) in [6.45, 7) is 10.2. The highest BCUT2D eigenvalue weighted by Gasteiger charge is 2.16. The zero-order valence-corrected chi connectivity index (χ0v) is 10.9. The molecule has 0 aromatic rings. The molecule has 1 saturated heterocycles. The van der Waals surface area contributed by atoms with Crippen LogP contribution in [0.2, 0.25) is 0 Å². The van der Waals surface area contributed by atoms with Gasteiger partial charge in [0, 0.05) is 38.0 Å². The molecule has 2 heteroatoms. The van der Waals surface area contributed by atoms with E-state index < -0.39 is 0 Å². The fourth-order valence-electron chi connectivity index (χ4n) is 2.26. The molecule has 2 aliphatic rings. The van der Waals surface area contributed by atoms with Crippen LogP contribution in [-0.4, -0.2) is 42.5 Å². The average Bonchev–Trinajstić information content (AvgIpc) is 2.64. The Labute approximate surface area is 105 Å². The minimum atomic E-state index is 1.08. The van der Waals surface area contributed by atoms with Crippen molar-refractivity contribution in [3.05, 3.63) is 41.3 Å². The topological polar surface area (TPSA) is 6.48 Å². The van der Waals surface area contributed by atoms with E-state index in [1.807, 2.05) is 0 Å². The highest BCUT2D eigenvalue weighted by Crippen LogP contribution is 2.14. The van der Waals surface area contributed by atoms with Gasteiger partial charge in [0.25, 0.3) is 0 Å². The van der Waals surface area contributed by atoms with E-state index >= 15 is 0 Å². The molecule has 1 aliphatic carbocycles. The van der Waals surface area contributed by atoms with Crippen molar-refractivity contribution in [1.82, 2.24) is 9.80 Å². The SMILES string of the molecule is CCC1=CC=C(N2CCN(CC)CC2)C=C=C1. The number of hydrogen-bond donors (Lipinski definition) is 0. The van der Waals surface area contributed by atoms with E-state index in [2.05, 4.69) is 53.7 Å². The number of rotatable bonds is 3. The summed E-state index contributed by atoms with van der Waals surface area (Å²) < 4.78 is 0. The molecule has 0 saturated carbocycles. The molecule has 0 spiro atoms. The Bertz CT molecular complexity index is 376. The molecular formula is C15H22N2. The average molecular weight is 230 g/mol. The van der Waals surface area contributed by atoms with Crippen molar-refractivity contribution in [1.29, 1.82) is 0 Å². The van der Waals surface area contributed by atoms with Gasteiger partial charge in [0.1, 0.15) is 0 Å². The molecular weight excluding hydrogens is 208 g/mol. The van der Waals surface area contributed by atoms with E-state index in [1.54, 1.807) is 0 Å². The summed E-state index contributed by atoms with van der Waals surface area (Å²) >= 11 is 0. The fraction of sp³-hybridized carbons (Fsp3) is 0.533. The summed E-state index contributed by atoms with van der Waals surface area (Å²) in [5.41, 5.74) is 5.94. The molecule has 92 valence electrons. The largest absolute Gasteiger partial charge is 0.368 e. The first-order valence-corrected chi connectivity index (χ1v) is 6.64. The van der Waals surface area contributed by atoms with Crippen LogP contribution in [0.4, 0.5) is 0 Å². The Kier molecular flexibility index (Phi) is 4.24. The molecule has 0 unspecified atom stereocenters. The zero-order chi connectivity index (χ0) is 12.1. The van der Waals surface area contributed by atoms with Gasteiger partial charge < -0.3 is 9.80 Å². The first kappa shape index (κ1) is 12.2. The van der Waals surface area contributed by atoms with Crippen LogP contribution < -0.4 is 0 Å². The highest BCUT2D eigenvalue weighted by molar-refractivity contribution is 5.33. The predicted octanol–water partition coefficient (Wildman–Crippen LogP) is 2.57. The van der Waals surface area contributed by atoms with Crippen molar-refractivity contribution in [2.45, 2.75) is 20.3 Å². The summed E-state index contributed by atoms with van der Waals surface area (Å²) in [6, 6.07) is 0. The van der Waals surface area contributed by atoms with Crippen LogP contribution in [0.3, 0.4) is 0 Å². The fourth-order valence-corrected chi connectivity index (χ4v) is 2.26. The van der Waals surface area contributed by atoms with E-state index in [0.717, 1.165) is 19.5 Å². The van der Waals surface area contributed by atoms with Crippen molar-refractivity contribution in [3.63, 3.8) is 0 Å². The molecule has 0 aromatic carbocycles. The number of nitrogens with zero attached hydrogens (tertiary/aromatic N) is 2. The van der Waals surface area contributed by atoms with Gasteiger partial charge in [-0.3, -0.25) is 0 Å². The summed E-state index contributed by atoms with van der Waals surface area (Å²) in [5.74, 6) is 0. The van der Waals surface area contributed by atoms with E-state index in [1.165, 1.54) is 30.9 Å². The molecule has 0 bridgehead atoms. The van der Waals surface area contributed by atoms with Gasteiger partial charge in [-0.05, 0) is 30.7 Å². The van der Waals surface area contributed by atoms with Crippen molar-refractivity contribution in [2.75, 3.05) is 32.7 Å². The van der Waals surface area contributed by atoms with Crippen LogP contribution in [-0.2, 0) is 0 Å². The van der Waals surface area contributed by atoms with E-state index in [4.69, 9.17) is 0 Å². The molecule has 2 rings (SSSR count). The lowest BCUT2D eigenvalue weighted by Crippen LogP contribution is -2.45. The molecule has 0 atom stereocenters. The number of piperazine rings is 1. The highest BCUT2D eigenvalue weighted by atomic mass is 15.3. The predicted molar refractivity (Wildman–Crippen MR) is 72.8 cm³/mol. The summed E-state index contributed by atoms with van der Waals surface area (Å²) in [5, 5.41) is 0. The van der Waals surface area contributed by atoms with Crippen LogP contribution in [0.15, 0.2) is 41.3 Å². The first-order chi connectivity index (χ1) is 8.33. The third-order valence-corrected chi connectivity index (χ3v) is 3.56. The zero-order valence-electron chi connectivity index (χ0n) is 10.9. The minimum Gasteiger partial charge on any atom is -0.368 e. The lowest BCUT2D eigenvalue weighted by atomic mass is 10.2. The maximum Gasteiger partial charge on any atom is 0.0445 e. The summed E-state index contributed by atoms with van der Waals surface area (Å²) in [7, 11) is 0. The smallest absolute Gasteiger partial charge is 0.0445 e. The summed E-state index contributed by atoms with van der Waals surface area (Å²) in [4.78, 5) is 4.96.